The standard InChI is InChI=1S/C12H8ClF3N2O2/c13-8-2-1-6(12(14,15)16)5-7(8)9-3-4-10(20-9)11(19)18-17/h1-5H,17H2,(H,18,19). The summed E-state index contributed by atoms with van der Waals surface area (Å²) in [7, 11) is 0. The maximum absolute atomic E-state index is 12.6. The molecule has 3 N–H and O–H groups in total. The fourth-order valence-electron chi connectivity index (χ4n) is 1.57. The van der Waals surface area contributed by atoms with Crippen LogP contribution in [0.1, 0.15) is 16.1 Å². The summed E-state index contributed by atoms with van der Waals surface area (Å²) in [5, 5.41) is 0.0760. The first-order valence-corrected chi connectivity index (χ1v) is 5.68. The molecule has 1 heterocycles. The summed E-state index contributed by atoms with van der Waals surface area (Å²) in [4.78, 5) is 11.2. The Morgan fingerprint density at radius 2 is 1.95 bits per heavy atom. The summed E-state index contributed by atoms with van der Waals surface area (Å²) >= 11 is 5.85. The van der Waals surface area contributed by atoms with Crippen molar-refractivity contribution < 1.29 is 22.4 Å². The Hall–Kier alpha value is -1.99. The molecule has 0 spiro atoms. The molecule has 1 amide bonds. The van der Waals surface area contributed by atoms with E-state index in [1.807, 2.05) is 5.43 Å². The van der Waals surface area contributed by atoms with Crippen LogP contribution in [0.3, 0.4) is 0 Å². The summed E-state index contributed by atoms with van der Waals surface area (Å²) in [5.41, 5.74) is 1.03. The van der Waals surface area contributed by atoms with Crippen LogP contribution < -0.4 is 11.3 Å². The maximum atomic E-state index is 12.6. The van der Waals surface area contributed by atoms with Crippen LogP contribution in [-0.2, 0) is 6.18 Å². The summed E-state index contributed by atoms with van der Waals surface area (Å²) in [6.45, 7) is 0. The Kier molecular flexibility index (Phi) is 3.74. The van der Waals surface area contributed by atoms with E-state index < -0.39 is 17.6 Å². The lowest BCUT2D eigenvalue weighted by molar-refractivity contribution is -0.137. The van der Waals surface area contributed by atoms with Gasteiger partial charge < -0.3 is 4.42 Å². The van der Waals surface area contributed by atoms with Gasteiger partial charge in [0.15, 0.2) is 5.76 Å². The molecule has 0 saturated carbocycles. The van der Waals surface area contributed by atoms with Crippen LogP contribution in [0.4, 0.5) is 13.2 Å². The highest BCUT2D eigenvalue weighted by molar-refractivity contribution is 6.33. The molecule has 1 aromatic carbocycles. The average Bonchev–Trinajstić information content (AvgIpc) is 2.86. The van der Waals surface area contributed by atoms with E-state index in [0.29, 0.717) is 0 Å². The number of halogens is 4. The van der Waals surface area contributed by atoms with E-state index in [0.717, 1.165) is 18.2 Å². The number of hydrazine groups is 1. The van der Waals surface area contributed by atoms with E-state index in [1.165, 1.54) is 12.1 Å². The number of carbonyl (C=O) groups excluding carboxylic acids is 1. The molecule has 20 heavy (non-hydrogen) atoms. The third-order valence-electron chi connectivity index (χ3n) is 2.52. The van der Waals surface area contributed by atoms with Gasteiger partial charge in [-0.1, -0.05) is 11.6 Å². The number of furan rings is 1. The highest BCUT2D eigenvalue weighted by Crippen LogP contribution is 2.36. The SMILES string of the molecule is NNC(=O)c1ccc(-c2cc(C(F)(F)F)ccc2Cl)o1. The van der Waals surface area contributed by atoms with Gasteiger partial charge in [-0.15, -0.1) is 0 Å². The molecule has 8 heteroatoms. The quantitative estimate of drug-likeness (QED) is 0.508. The first-order valence-electron chi connectivity index (χ1n) is 5.31. The normalized spacial score (nSPS) is 11.4. The van der Waals surface area contributed by atoms with Crippen molar-refractivity contribution in [2.75, 3.05) is 0 Å². The first kappa shape index (κ1) is 14.4. The molecule has 0 fully saturated rings. The van der Waals surface area contributed by atoms with Gasteiger partial charge >= 0.3 is 12.1 Å². The Labute approximate surface area is 116 Å². The zero-order chi connectivity index (χ0) is 14.9. The third-order valence-corrected chi connectivity index (χ3v) is 2.85. The van der Waals surface area contributed by atoms with Gasteiger partial charge in [0.05, 0.1) is 10.6 Å². The molecule has 2 aromatic rings. The Morgan fingerprint density at radius 1 is 1.25 bits per heavy atom. The van der Waals surface area contributed by atoms with Crippen LogP contribution in [0.15, 0.2) is 34.7 Å². The highest BCUT2D eigenvalue weighted by Gasteiger charge is 2.31. The zero-order valence-corrected chi connectivity index (χ0v) is 10.5. The van der Waals surface area contributed by atoms with Crippen molar-refractivity contribution in [3.8, 4) is 11.3 Å². The Bertz CT molecular complexity index is 652. The van der Waals surface area contributed by atoms with Gasteiger partial charge in [0.1, 0.15) is 5.76 Å². The molecule has 0 radical (unpaired) electrons. The monoisotopic (exact) mass is 304 g/mol. The van der Waals surface area contributed by atoms with Crippen LogP contribution in [0, 0.1) is 0 Å². The topological polar surface area (TPSA) is 68.3 Å². The lowest BCUT2D eigenvalue weighted by Crippen LogP contribution is -2.29. The Morgan fingerprint density at radius 3 is 2.55 bits per heavy atom. The van der Waals surface area contributed by atoms with E-state index in [-0.39, 0.29) is 22.1 Å². The minimum atomic E-state index is -4.50. The third kappa shape index (κ3) is 2.78. The molecule has 0 bridgehead atoms. The lowest BCUT2D eigenvalue weighted by atomic mass is 10.1. The van der Waals surface area contributed by atoms with E-state index in [1.54, 1.807) is 0 Å². The van der Waals surface area contributed by atoms with E-state index >= 15 is 0 Å². The number of nitrogens with two attached hydrogens (primary N) is 1. The van der Waals surface area contributed by atoms with Gasteiger partial charge in [0.2, 0.25) is 0 Å². The van der Waals surface area contributed by atoms with Gasteiger partial charge in [-0.25, -0.2) is 5.84 Å². The van der Waals surface area contributed by atoms with Crippen LogP contribution >= 0.6 is 11.6 Å². The predicted molar refractivity (Wildman–Crippen MR) is 65.8 cm³/mol. The molecule has 0 unspecified atom stereocenters. The molecular weight excluding hydrogens is 297 g/mol. The molecule has 1 aromatic heterocycles. The van der Waals surface area contributed by atoms with Gasteiger partial charge in [-0.3, -0.25) is 10.2 Å². The van der Waals surface area contributed by atoms with Crippen molar-refractivity contribution >= 4 is 17.5 Å². The van der Waals surface area contributed by atoms with E-state index in [4.69, 9.17) is 21.9 Å². The number of amides is 1. The number of rotatable bonds is 2. The number of hydrogen-bond acceptors (Lipinski definition) is 3. The molecule has 0 aliphatic heterocycles. The van der Waals surface area contributed by atoms with Crippen molar-refractivity contribution in [2.45, 2.75) is 6.18 Å². The summed E-state index contributed by atoms with van der Waals surface area (Å²) < 4.78 is 43.1. The van der Waals surface area contributed by atoms with Gasteiger partial charge in [0.25, 0.3) is 0 Å². The lowest BCUT2D eigenvalue weighted by Gasteiger charge is -2.09. The molecular formula is C12H8ClF3N2O2. The molecule has 2 rings (SSSR count). The second-order valence-electron chi connectivity index (χ2n) is 3.83. The maximum Gasteiger partial charge on any atom is 0.416 e. The second-order valence-corrected chi connectivity index (χ2v) is 4.24. The van der Waals surface area contributed by atoms with E-state index in [9.17, 15) is 18.0 Å². The number of benzene rings is 1. The van der Waals surface area contributed by atoms with Gasteiger partial charge in [-0.05, 0) is 30.3 Å². The molecule has 0 saturated heterocycles. The minimum Gasteiger partial charge on any atom is -0.451 e. The van der Waals surface area contributed by atoms with Crippen LogP contribution in [0.5, 0.6) is 0 Å². The van der Waals surface area contributed by atoms with Crippen LogP contribution in [-0.4, -0.2) is 5.91 Å². The smallest absolute Gasteiger partial charge is 0.416 e. The molecule has 0 atom stereocenters. The second kappa shape index (κ2) is 5.18. The van der Waals surface area contributed by atoms with Crippen LogP contribution in [0.25, 0.3) is 11.3 Å². The average molecular weight is 305 g/mol. The summed E-state index contributed by atoms with van der Waals surface area (Å²) in [6.07, 6.45) is -4.50. The summed E-state index contributed by atoms with van der Waals surface area (Å²) in [5.74, 6) is 4.15. The van der Waals surface area contributed by atoms with Crippen molar-refractivity contribution in [1.29, 1.82) is 0 Å². The zero-order valence-electron chi connectivity index (χ0n) is 9.79. The predicted octanol–water partition coefficient (Wildman–Crippen LogP) is 3.22. The number of hydrogen-bond donors (Lipinski definition) is 2. The molecule has 106 valence electrons. The van der Waals surface area contributed by atoms with Gasteiger partial charge in [-0.2, -0.15) is 13.2 Å². The van der Waals surface area contributed by atoms with Crippen LogP contribution in [0.2, 0.25) is 5.02 Å². The molecule has 0 aliphatic carbocycles. The number of nitrogen functional groups attached to an aromatic ring is 1. The Balaban J connectivity index is 2.47. The highest BCUT2D eigenvalue weighted by atomic mass is 35.5. The number of nitrogens with one attached hydrogen (secondary N) is 1. The minimum absolute atomic E-state index is 0.0394. The van der Waals surface area contributed by atoms with Crippen molar-refractivity contribution in [2.24, 2.45) is 5.84 Å². The van der Waals surface area contributed by atoms with Crippen molar-refractivity contribution in [3.05, 3.63) is 46.7 Å². The molecule has 0 aliphatic rings. The van der Waals surface area contributed by atoms with Crippen molar-refractivity contribution in [1.82, 2.24) is 5.43 Å². The number of carbonyl (C=O) groups is 1. The van der Waals surface area contributed by atoms with Crippen molar-refractivity contribution in [3.63, 3.8) is 0 Å². The molecule has 4 nitrogen and oxygen atoms in total. The van der Waals surface area contributed by atoms with E-state index in [2.05, 4.69) is 0 Å². The summed E-state index contributed by atoms with van der Waals surface area (Å²) in [6, 6.07) is 5.46. The fraction of sp³-hybridized carbons (Fsp3) is 0.0833. The van der Waals surface area contributed by atoms with Gasteiger partial charge in [0, 0.05) is 5.56 Å². The fourth-order valence-corrected chi connectivity index (χ4v) is 1.78. The largest absolute Gasteiger partial charge is 0.451 e. The number of alkyl halides is 3. The first-order chi connectivity index (χ1) is 9.32.